The van der Waals surface area contributed by atoms with E-state index in [-0.39, 0.29) is 6.54 Å². The lowest BCUT2D eigenvalue weighted by atomic mass is 10.1. The largest absolute Gasteiger partial charge is 0.355 e. The van der Waals surface area contributed by atoms with Gasteiger partial charge in [0.2, 0.25) is 5.91 Å². The summed E-state index contributed by atoms with van der Waals surface area (Å²) >= 11 is 0. The number of hydrogen-bond donors (Lipinski definition) is 2. The summed E-state index contributed by atoms with van der Waals surface area (Å²) in [6.07, 6.45) is 3.29. The van der Waals surface area contributed by atoms with Crippen LogP contribution in [0.25, 0.3) is 0 Å². The summed E-state index contributed by atoms with van der Waals surface area (Å²) in [5, 5.41) is 5.92. The normalized spacial score (nSPS) is 21.6. The van der Waals surface area contributed by atoms with Crippen LogP contribution in [0.2, 0.25) is 0 Å². The number of rotatable bonds is 7. The van der Waals surface area contributed by atoms with Crippen LogP contribution in [0.1, 0.15) is 12.8 Å². The molecule has 8 nitrogen and oxygen atoms in total. The molecule has 0 aromatic carbocycles. The maximum Gasteiger partial charge on any atom is 0.335 e. The topological polar surface area (TPSA) is 98.8 Å². The van der Waals surface area contributed by atoms with Gasteiger partial charge in [0.1, 0.15) is 6.54 Å². The predicted molar refractivity (Wildman–Crippen MR) is 77.6 cm³/mol. The molecular formula is C14H20N4O4. The van der Waals surface area contributed by atoms with Crippen LogP contribution >= 0.6 is 0 Å². The Bertz CT molecular complexity index is 499. The second kappa shape index (κ2) is 7.17. The molecule has 0 spiro atoms. The van der Waals surface area contributed by atoms with Gasteiger partial charge in [-0.15, -0.1) is 6.58 Å². The molecule has 0 saturated carbocycles. The van der Waals surface area contributed by atoms with Gasteiger partial charge in [-0.1, -0.05) is 6.08 Å². The van der Waals surface area contributed by atoms with Crippen LogP contribution in [0.15, 0.2) is 12.7 Å². The van der Waals surface area contributed by atoms with Gasteiger partial charge in [-0.2, -0.15) is 0 Å². The van der Waals surface area contributed by atoms with Crippen molar-refractivity contribution in [3.63, 3.8) is 0 Å². The Hall–Kier alpha value is -2.22. The van der Waals surface area contributed by atoms with E-state index in [1.54, 1.807) is 0 Å². The molecule has 0 aromatic rings. The van der Waals surface area contributed by atoms with E-state index in [9.17, 15) is 19.2 Å². The highest BCUT2D eigenvalue weighted by Crippen LogP contribution is 2.12. The molecule has 2 rings (SSSR count). The molecule has 5 amide bonds. The summed E-state index contributed by atoms with van der Waals surface area (Å²) in [4.78, 5) is 48.5. The number of urea groups is 1. The van der Waals surface area contributed by atoms with Crippen LogP contribution in [0.4, 0.5) is 4.79 Å². The fourth-order valence-electron chi connectivity index (χ4n) is 2.56. The van der Waals surface area contributed by atoms with Crippen LogP contribution in [0.5, 0.6) is 0 Å². The van der Waals surface area contributed by atoms with E-state index in [2.05, 4.69) is 17.2 Å². The molecule has 0 bridgehead atoms. The molecule has 0 radical (unpaired) electrons. The summed E-state index contributed by atoms with van der Waals surface area (Å²) in [6.45, 7) is 5.38. The number of carbonyl (C=O) groups is 4. The number of hydrogen-bond acceptors (Lipinski definition) is 5. The van der Waals surface area contributed by atoms with Crippen LogP contribution in [-0.2, 0) is 14.4 Å². The quantitative estimate of drug-likeness (QED) is 0.360. The van der Waals surface area contributed by atoms with E-state index in [1.807, 2.05) is 0 Å². The van der Waals surface area contributed by atoms with Crippen LogP contribution < -0.4 is 10.6 Å². The smallest absolute Gasteiger partial charge is 0.335 e. The van der Waals surface area contributed by atoms with E-state index < -0.39 is 30.3 Å². The van der Waals surface area contributed by atoms with Gasteiger partial charge in [-0.3, -0.25) is 19.3 Å². The zero-order valence-corrected chi connectivity index (χ0v) is 12.3. The number of imide groups is 2. The average Bonchev–Trinajstić information content (AvgIpc) is 3.07. The van der Waals surface area contributed by atoms with E-state index >= 15 is 0 Å². The first kappa shape index (κ1) is 16.2. The van der Waals surface area contributed by atoms with E-state index in [0.717, 1.165) is 30.8 Å². The Morgan fingerprint density at radius 1 is 1.32 bits per heavy atom. The van der Waals surface area contributed by atoms with Crippen molar-refractivity contribution < 1.29 is 19.2 Å². The highest BCUT2D eigenvalue weighted by molar-refractivity contribution is 6.45. The Morgan fingerprint density at radius 2 is 2.05 bits per heavy atom. The Labute approximate surface area is 128 Å². The van der Waals surface area contributed by atoms with Crippen molar-refractivity contribution in [2.24, 2.45) is 5.92 Å². The van der Waals surface area contributed by atoms with Crippen LogP contribution in [-0.4, -0.2) is 66.3 Å². The first-order valence-corrected chi connectivity index (χ1v) is 7.30. The van der Waals surface area contributed by atoms with Gasteiger partial charge in [0.25, 0.3) is 0 Å². The number of carbonyl (C=O) groups excluding carboxylic acids is 4. The van der Waals surface area contributed by atoms with E-state index in [0.29, 0.717) is 17.4 Å². The summed E-state index contributed by atoms with van der Waals surface area (Å²) < 4.78 is 0. The molecule has 2 aliphatic heterocycles. The lowest BCUT2D eigenvalue weighted by molar-refractivity contribution is -0.143. The van der Waals surface area contributed by atoms with Gasteiger partial charge in [0.05, 0.1) is 0 Å². The van der Waals surface area contributed by atoms with Gasteiger partial charge in [0, 0.05) is 13.1 Å². The fraction of sp³-hybridized carbons (Fsp3) is 0.571. The van der Waals surface area contributed by atoms with Gasteiger partial charge in [0.15, 0.2) is 0 Å². The van der Waals surface area contributed by atoms with Gasteiger partial charge in [-0.25, -0.2) is 9.69 Å². The minimum absolute atomic E-state index is 0.0454. The standard InChI is InChI=1S/C14H20N4O4/c1-2-7-17-12(20)13(21)18(14(17)22)9-11(19)16-6-4-10-3-5-15-8-10/h2,10,15H,1,3-9H2,(H,16,19). The number of nitrogens with zero attached hydrogens (tertiary/aromatic N) is 2. The van der Waals surface area contributed by atoms with Crippen molar-refractivity contribution >= 4 is 23.8 Å². The summed E-state index contributed by atoms with van der Waals surface area (Å²) in [5.41, 5.74) is 0. The lowest BCUT2D eigenvalue weighted by Gasteiger charge is -2.14. The molecule has 0 aliphatic carbocycles. The number of amides is 5. The second-order valence-corrected chi connectivity index (χ2v) is 5.38. The molecule has 2 N–H and O–H groups in total. The molecule has 2 fully saturated rings. The lowest BCUT2D eigenvalue weighted by Crippen LogP contribution is -2.42. The Kier molecular flexibility index (Phi) is 5.26. The predicted octanol–water partition coefficient (Wildman–Crippen LogP) is -0.921. The molecule has 1 atom stereocenters. The minimum Gasteiger partial charge on any atom is -0.355 e. The van der Waals surface area contributed by atoms with Crippen LogP contribution in [0.3, 0.4) is 0 Å². The third kappa shape index (κ3) is 3.51. The Balaban J connectivity index is 1.80. The second-order valence-electron chi connectivity index (χ2n) is 5.38. The summed E-state index contributed by atoms with van der Waals surface area (Å²) in [7, 11) is 0. The van der Waals surface area contributed by atoms with Crippen molar-refractivity contribution in [3.05, 3.63) is 12.7 Å². The summed E-state index contributed by atoms with van der Waals surface area (Å²) in [6, 6.07) is -0.773. The Morgan fingerprint density at radius 3 is 2.68 bits per heavy atom. The molecule has 2 saturated heterocycles. The van der Waals surface area contributed by atoms with Crippen molar-refractivity contribution in [2.45, 2.75) is 12.8 Å². The van der Waals surface area contributed by atoms with Crippen molar-refractivity contribution in [1.82, 2.24) is 20.4 Å². The fourth-order valence-corrected chi connectivity index (χ4v) is 2.56. The number of nitrogens with one attached hydrogen (secondary N) is 2. The molecule has 2 aliphatic rings. The highest BCUT2D eigenvalue weighted by atomic mass is 16.2. The first-order valence-electron chi connectivity index (χ1n) is 7.30. The van der Waals surface area contributed by atoms with Crippen LogP contribution in [0, 0.1) is 5.92 Å². The van der Waals surface area contributed by atoms with E-state index in [4.69, 9.17) is 0 Å². The highest BCUT2D eigenvalue weighted by Gasteiger charge is 2.44. The van der Waals surface area contributed by atoms with Crippen molar-refractivity contribution in [2.75, 3.05) is 32.7 Å². The van der Waals surface area contributed by atoms with Crippen molar-refractivity contribution in [3.8, 4) is 0 Å². The van der Waals surface area contributed by atoms with Gasteiger partial charge >= 0.3 is 17.8 Å². The summed E-state index contributed by atoms with van der Waals surface area (Å²) in [5.74, 6) is -1.79. The third-order valence-corrected chi connectivity index (χ3v) is 3.79. The molecule has 22 heavy (non-hydrogen) atoms. The zero-order valence-electron chi connectivity index (χ0n) is 12.3. The third-order valence-electron chi connectivity index (χ3n) is 3.79. The van der Waals surface area contributed by atoms with Gasteiger partial charge in [-0.05, 0) is 31.8 Å². The minimum atomic E-state index is -0.970. The maximum absolute atomic E-state index is 11.9. The maximum atomic E-state index is 11.9. The molecule has 8 heteroatoms. The van der Waals surface area contributed by atoms with Gasteiger partial charge < -0.3 is 10.6 Å². The SMILES string of the molecule is C=CCN1C(=O)C(=O)N(CC(=O)NCCC2CCNC2)C1=O. The molecule has 0 aromatic heterocycles. The van der Waals surface area contributed by atoms with E-state index in [1.165, 1.54) is 6.08 Å². The molecule has 1 unspecified atom stereocenters. The molecular weight excluding hydrogens is 288 g/mol. The average molecular weight is 308 g/mol. The first-order chi connectivity index (χ1) is 10.5. The van der Waals surface area contributed by atoms with Crippen molar-refractivity contribution in [1.29, 1.82) is 0 Å². The molecule has 120 valence electrons. The zero-order chi connectivity index (χ0) is 16.1. The monoisotopic (exact) mass is 308 g/mol. The molecule has 2 heterocycles.